The largest absolute Gasteiger partial charge is 0.480 e. The molecule has 0 aromatic rings. The molecule has 14 nitrogen and oxygen atoms in total. The van der Waals surface area contributed by atoms with Crippen LogP contribution in [0.25, 0.3) is 0 Å². The van der Waals surface area contributed by atoms with Gasteiger partial charge in [0.15, 0.2) is 5.96 Å². The van der Waals surface area contributed by atoms with Gasteiger partial charge in [0.2, 0.25) is 17.7 Å². The second-order valence-corrected chi connectivity index (χ2v) is 8.81. The van der Waals surface area contributed by atoms with Crippen molar-refractivity contribution in [3.05, 3.63) is 0 Å². The molecule has 0 spiro atoms. The predicted molar refractivity (Wildman–Crippen MR) is 134 cm³/mol. The van der Waals surface area contributed by atoms with E-state index in [0.29, 0.717) is 31.6 Å². The summed E-state index contributed by atoms with van der Waals surface area (Å²) in [5, 5.41) is 26.1. The van der Waals surface area contributed by atoms with E-state index in [1.54, 1.807) is 0 Å². The number of nitrogens with zero attached hydrogens (tertiary/aromatic N) is 1. The molecule has 0 heterocycles. The monoisotopic (exact) mass is 520 g/mol. The number of rotatable bonds is 19. The number of carboxylic acid groups (broad SMARTS) is 1. The molecule has 202 valence electrons. The molecule has 0 saturated carbocycles. The van der Waals surface area contributed by atoms with Gasteiger partial charge in [-0.2, -0.15) is 11.8 Å². The smallest absolute Gasteiger partial charge is 0.326 e. The molecule has 3 amide bonds. The first-order chi connectivity index (χ1) is 16.6. The predicted octanol–water partition coefficient (Wildman–Crippen LogP) is -3.22. The van der Waals surface area contributed by atoms with Crippen molar-refractivity contribution in [3.63, 3.8) is 0 Å². The van der Waals surface area contributed by atoms with Crippen LogP contribution in [0.1, 0.15) is 38.5 Å². The molecule has 4 unspecified atom stereocenters. The Kier molecular flexibility index (Phi) is 17.3. The van der Waals surface area contributed by atoms with E-state index >= 15 is 0 Å². The molecule has 0 fully saturated rings. The number of hydrogen-bond donors (Lipinski definition) is 9. The maximum absolute atomic E-state index is 13.0. The molecule has 0 bridgehead atoms. The Labute approximate surface area is 209 Å². The van der Waals surface area contributed by atoms with E-state index in [1.807, 2.05) is 6.26 Å². The molecule has 0 saturated heterocycles. The van der Waals surface area contributed by atoms with Crippen LogP contribution in [0.15, 0.2) is 4.99 Å². The number of carboxylic acids is 1. The number of carbonyl (C=O) groups is 4. The number of nitrogens with two attached hydrogens (primary N) is 4. The second kappa shape index (κ2) is 18.7. The number of aliphatic carboxylic acids is 1. The number of unbranched alkanes of at least 4 members (excludes halogenated alkanes) is 1. The van der Waals surface area contributed by atoms with Crippen LogP contribution in [0.2, 0.25) is 0 Å². The van der Waals surface area contributed by atoms with Crippen molar-refractivity contribution in [2.24, 2.45) is 27.9 Å². The molecule has 0 aromatic carbocycles. The molecule has 4 atom stereocenters. The lowest BCUT2D eigenvalue weighted by molar-refractivity contribution is -0.142. The molecule has 35 heavy (non-hydrogen) atoms. The molecule has 15 heteroatoms. The van der Waals surface area contributed by atoms with Gasteiger partial charge in [-0.3, -0.25) is 19.4 Å². The first kappa shape index (κ1) is 32.4. The SMILES string of the molecule is CSCCC(NC(=O)C(N)CO)C(=O)NC(CCCN=C(N)N)C(=O)NC(CCCCN)C(=O)O. The van der Waals surface area contributed by atoms with Crippen LogP contribution in [0.4, 0.5) is 0 Å². The minimum Gasteiger partial charge on any atom is -0.480 e. The van der Waals surface area contributed by atoms with Gasteiger partial charge in [0.1, 0.15) is 24.2 Å². The van der Waals surface area contributed by atoms with Crippen molar-refractivity contribution in [1.29, 1.82) is 0 Å². The van der Waals surface area contributed by atoms with Gasteiger partial charge < -0.3 is 49.1 Å². The standard InChI is InChI=1S/C20H40N8O6S/c1-35-10-7-14(26-16(30)12(22)11-29)18(32)27-13(6-4-9-25-20(23)24)17(31)28-15(19(33)34)5-2-3-8-21/h12-15,29H,2-11,21-22H2,1H3,(H,26,30)(H,27,32)(H,28,31)(H,33,34)(H4,23,24,25). The average Bonchev–Trinajstić information content (AvgIpc) is 2.81. The lowest BCUT2D eigenvalue weighted by Crippen LogP contribution is -2.57. The van der Waals surface area contributed by atoms with E-state index in [-0.39, 0.29) is 31.8 Å². The normalized spacial score (nSPS) is 14.2. The highest BCUT2D eigenvalue weighted by molar-refractivity contribution is 7.98. The summed E-state index contributed by atoms with van der Waals surface area (Å²) in [5.41, 5.74) is 21.6. The summed E-state index contributed by atoms with van der Waals surface area (Å²) < 4.78 is 0. The van der Waals surface area contributed by atoms with E-state index < -0.39 is 54.5 Å². The van der Waals surface area contributed by atoms with E-state index in [9.17, 15) is 24.3 Å². The number of nitrogens with one attached hydrogen (secondary N) is 3. The number of thioether (sulfide) groups is 1. The van der Waals surface area contributed by atoms with Crippen LogP contribution < -0.4 is 38.9 Å². The minimum atomic E-state index is -1.21. The summed E-state index contributed by atoms with van der Waals surface area (Å²) in [5.74, 6) is -2.85. The molecule has 0 aliphatic rings. The van der Waals surface area contributed by atoms with Crippen molar-refractivity contribution < 1.29 is 29.4 Å². The third-order valence-corrected chi connectivity index (χ3v) is 5.56. The fourth-order valence-electron chi connectivity index (χ4n) is 2.93. The van der Waals surface area contributed by atoms with Gasteiger partial charge in [0.05, 0.1) is 6.61 Å². The zero-order valence-electron chi connectivity index (χ0n) is 20.1. The first-order valence-corrected chi connectivity index (χ1v) is 12.7. The molecular weight excluding hydrogens is 480 g/mol. The Morgan fingerprint density at radius 2 is 1.43 bits per heavy atom. The summed E-state index contributed by atoms with van der Waals surface area (Å²) in [6.45, 7) is -0.00898. The molecule has 0 rings (SSSR count). The second-order valence-electron chi connectivity index (χ2n) is 7.83. The van der Waals surface area contributed by atoms with Crippen molar-refractivity contribution in [2.75, 3.05) is 31.7 Å². The number of amides is 3. The lowest BCUT2D eigenvalue weighted by atomic mass is 10.1. The van der Waals surface area contributed by atoms with Crippen molar-refractivity contribution in [1.82, 2.24) is 16.0 Å². The number of guanidine groups is 1. The van der Waals surface area contributed by atoms with Crippen LogP contribution >= 0.6 is 11.8 Å². The van der Waals surface area contributed by atoms with Gasteiger partial charge in [-0.1, -0.05) is 0 Å². The molecule has 0 radical (unpaired) electrons. The Bertz CT molecular complexity index is 707. The topological polar surface area (TPSA) is 261 Å². The van der Waals surface area contributed by atoms with Gasteiger partial charge >= 0.3 is 5.97 Å². The first-order valence-electron chi connectivity index (χ1n) is 11.3. The van der Waals surface area contributed by atoms with Crippen LogP contribution in [-0.2, 0) is 19.2 Å². The average molecular weight is 521 g/mol. The fraction of sp³-hybridized carbons (Fsp3) is 0.750. The summed E-state index contributed by atoms with van der Waals surface area (Å²) in [7, 11) is 0. The summed E-state index contributed by atoms with van der Waals surface area (Å²) in [6.07, 6.45) is 3.79. The number of hydrogen-bond acceptors (Lipinski definition) is 9. The van der Waals surface area contributed by atoms with Gasteiger partial charge in [-0.15, -0.1) is 0 Å². The highest BCUT2D eigenvalue weighted by atomic mass is 32.2. The molecular formula is C20H40N8O6S. The number of carbonyl (C=O) groups excluding carboxylic acids is 3. The van der Waals surface area contributed by atoms with Gasteiger partial charge in [-0.05, 0) is 57.1 Å². The third-order valence-electron chi connectivity index (χ3n) is 4.92. The Morgan fingerprint density at radius 1 is 0.886 bits per heavy atom. The van der Waals surface area contributed by atoms with E-state index in [4.69, 9.17) is 28.0 Å². The molecule has 13 N–H and O–H groups in total. The zero-order chi connectivity index (χ0) is 26.8. The maximum Gasteiger partial charge on any atom is 0.326 e. The number of aliphatic hydroxyl groups excluding tert-OH is 1. The van der Waals surface area contributed by atoms with Crippen molar-refractivity contribution >= 4 is 41.4 Å². The Morgan fingerprint density at radius 3 is 1.94 bits per heavy atom. The number of aliphatic hydroxyl groups is 1. The highest BCUT2D eigenvalue weighted by Gasteiger charge is 2.29. The van der Waals surface area contributed by atoms with Gasteiger partial charge in [0.25, 0.3) is 0 Å². The number of aliphatic imine (C=N–C) groups is 1. The lowest BCUT2D eigenvalue weighted by Gasteiger charge is -2.25. The van der Waals surface area contributed by atoms with E-state index in [1.165, 1.54) is 11.8 Å². The third kappa shape index (κ3) is 14.4. The maximum atomic E-state index is 13.0. The van der Waals surface area contributed by atoms with Crippen molar-refractivity contribution in [3.8, 4) is 0 Å². The van der Waals surface area contributed by atoms with Crippen molar-refractivity contribution in [2.45, 2.75) is 62.7 Å². The fourth-order valence-corrected chi connectivity index (χ4v) is 3.40. The Balaban J connectivity index is 5.51. The van der Waals surface area contributed by atoms with E-state index in [2.05, 4.69) is 20.9 Å². The van der Waals surface area contributed by atoms with Gasteiger partial charge in [-0.25, -0.2) is 4.79 Å². The van der Waals surface area contributed by atoms with Crippen LogP contribution in [0.3, 0.4) is 0 Å². The quantitative estimate of drug-likeness (QED) is 0.0464. The summed E-state index contributed by atoms with van der Waals surface area (Å²) in [6, 6.07) is -4.47. The highest BCUT2D eigenvalue weighted by Crippen LogP contribution is 2.07. The summed E-state index contributed by atoms with van der Waals surface area (Å²) in [4.78, 5) is 53.4. The van der Waals surface area contributed by atoms with Crippen LogP contribution in [0.5, 0.6) is 0 Å². The molecule has 0 aliphatic carbocycles. The zero-order valence-corrected chi connectivity index (χ0v) is 20.9. The molecule has 0 aliphatic heterocycles. The molecule has 0 aromatic heterocycles. The van der Waals surface area contributed by atoms with Crippen LogP contribution in [-0.4, -0.2) is 95.7 Å². The van der Waals surface area contributed by atoms with E-state index in [0.717, 1.165) is 0 Å². The summed E-state index contributed by atoms with van der Waals surface area (Å²) >= 11 is 1.45. The van der Waals surface area contributed by atoms with Crippen LogP contribution in [0, 0.1) is 0 Å². The minimum absolute atomic E-state index is 0.114. The Hall–Kier alpha value is -2.62. The van der Waals surface area contributed by atoms with Gasteiger partial charge in [0, 0.05) is 6.54 Å².